The van der Waals surface area contributed by atoms with Crippen molar-refractivity contribution in [3.63, 3.8) is 0 Å². The van der Waals surface area contributed by atoms with Crippen molar-refractivity contribution < 1.29 is 9.53 Å². The molecule has 0 aliphatic rings. The van der Waals surface area contributed by atoms with E-state index in [0.29, 0.717) is 22.7 Å². The third-order valence-electron chi connectivity index (χ3n) is 2.51. The molecule has 0 saturated heterocycles. The number of nitrogen functional groups attached to an aromatic ring is 2. The molecule has 2 aromatic rings. The first-order valence-corrected chi connectivity index (χ1v) is 5.51. The predicted octanol–water partition coefficient (Wildman–Crippen LogP) is 2.44. The van der Waals surface area contributed by atoms with Crippen molar-refractivity contribution in [2.24, 2.45) is 0 Å². The third kappa shape index (κ3) is 2.43. The molecule has 2 aromatic carbocycles. The lowest BCUT2D eigenvalue weighted by molar-refractivity contribution is -0.131. The van der Waals surface area contributed by atoms with Crippen LogP contribution in [0.4, 0.5) is 11.4 Å². The number of hydrogen-bond donors (Lipinski definition) is 2. The highest BCUT2D eigenvalue weighted by atomic mass is 16.5. The lowest BCUT2D eigenvalue weighted by Gasteiger charge is -2.12. The third-order valence-corrected chi connectivity index (χ3v) is 2.51. The van der Waals surface area contributed by atoms with Gasteiger partial charge in [0, 0.05) is 23.9 Å². The monoisotopic (exact) mass is 242 g/mol. The minimum atomic E-state index is -0.378. The van der Waals surface area contributed by atoms with Gasteiger partial charge >= 0.3 is 5.97 Å². The van der Waals surface area contributed by atoms with Crippen molar-refractivity contribution in [1.82, 2.24) is 0 Å². The first-order chi connectivity index (χ1) is 8.58. The van der Waals surface area contributed by atoms with E-state index < -0.39 is 0 Å². The Morgan fingerprint density at radius 2 is 1.72 bits per heavy atom. The van der Waals surface area contributed by atoms with Crippen LogP contribution in [0.3, 0.4) is 0 Å². The van der Waals surface area contributed by atoms with Crippen LogP contribution in [0.1, 0.15) is 6.92 Å². The molecule has 0 amide bonds. The highest BCUT2D eigenvalue weighted by molar-refractivity contribution is 5.84. The summed E-state index contributed by atoms with van der Waals surface area (Å²) in [5, 5.41) is 0. The largest absolute Gasteiger partial charge is 0.426 e. The van der Waals surface area contributed by atoms with Gasteiger partial charge in [-0.1, -0.05) is 18.2 Å². The molecule has 4 nitrogen and oxygen atoms in total. The lowest BCUT2D eigenvalue weighted by atomic mass is 10.0. The van der Waals surface area contributed by atoms with Gasteiger partial charge in [-0.2, -0.15) is 0 Å². The molecule has 18 heavy (non-hydrogen) atoms. The molecular formula is C14H14N2O2. The fraction of sp³-hybridized carbons (Fsp3) is 0.0714. The zero-order valence-electron chi connectivity index (χ0n) is 10.0. The Labute approximate surface area is 105 Å². The normalized spacial score (nSPS) is 10.1. The number of esters is 1. The van der Waals surface area contributed by atoms with Crippen LogP contribution in [-0.2, 0) is 4.79 Å². The highest BCUT2D eigenvalue weighted by Crippen LogP contribution is 2.35. The van der Waals surface area contributed by atoms with E-state index in [-0.39, 0.29) is 5.97 Å². The number of carbonyl (C=O) groups is 1. The molecule has 4 N–H and O–H groups in total. The second-order valence-electron chi connectivity index (χ2n) is 3.94. The molecule has 0 radical (unpaired) electrons. The Balaban J connectivity index is 2.54. The molecule has 0 heterocycles. The number of anilines is 2. The van der Waals surface area contributed by atoms with Crippen LogP contribution < -0.4 is 16.2 Å². The van der Waals surface area contributed by atoms with Crippen molar-refractivity contribution in [2.45, 2.75) is 6.92 Å². The standard InChI is InChI=1S/C14H14N2O2/c1-9(17)18-13-4-2-3-12(16)14(13)10-5-7-11(15)8-6-10/h2-8H,15-16H2,1H3. The summed E-state index contributed by atoms with van der Waals surface area (Å²) in [5.41, 5.74) is 14.4. The zero-order valence-corrected chi connectivity index (χ0v) is 10.0. The average Bonchev–Trinajstić information content (AvgIpc) is 2.30. The number of rotatable bonds is 2. The van der Waals surface area contributed by atoms with Crippen molar-refractivity contribution in [1.29, 1.82) is 0 Å². The molecule has 92 valence electrons. The smallest absolute Gasteiger partial charge is 0.308 e. The van der Waals surface area contributed by atoms with Gasteiger partial charge in [0.2, 0.25) is 0 Å². The van der Waals surface area contributed by atoms with Crippen molar-refractivity contribution in [2.75, 3.05) is 11.5 Å². The van der Waals surface area contributed by atoms with Gasteiger partial charge in [0.1, 0.15) is 5.75 Å². The first-order valence-electron chi connectivity index (χ1n) is 5.51. The molecule has 0 unspecified atom stereocenters. The fourth-order valence-corrected chi connectivity index (χ4v) is 1.75. The summed E-state index contributed by atoms with van der Waals surface area (Å²) in [7, 11) is 0. The summed E-state index contributed by atoms with van der Waals surface area (Å²) >= 11 is 0. The topological polar surface area (TPSA) is 78.3 Å². The van der Waals surface area contributed by atoms with Crippen LogP contribution in [-0.4, -0.2) is 5.97 Å². The molecule has 4 heteroatoms. The van der Waals surface area contributed by atoms with Gasteiger partial charge in [-0.3, -0.25) is 4.79 Å². The lowest BCUT2D eigenvalue weighted by Crippen LogP contribution is -2.04. The summed E-state index contributed by atoms with van der Waals surface area (Å²) in [4.78, 5) is 11.1. The van der Waals surface area contributed by atoms with Gasteiger partial charge < -0.3 is 16.2 Å². The number of nitrogens with two attached hydrogens (primary N) is 2. The molecule has 0 fully saturated rings. The van der Waals surface area contributed by atoms with Gasteiger partial charge in [-0.05, 0) is 29.8 Å². The van der Waals surface area contributed by atoms with Gasteiger partial charge in [-0.25, -0.2) is 0 Å². The zero-order chi connectivity index (χ0) is 13.1. The predicted molar refractivity (Wildman–Crippen MR) is 72.0 cm³/mol. The molecule has 0 aliphatic heterocycles. The maximum atomic E-state index is 11.1. The van der Waals surface area contributed by atoms with E-state index in [4.69, 9.17) is 16.2 Å². The Kier molecular flexibility index (Phi) is 3.19. The summed E-state index contributed by atoms with van der Waals surface area (Å²) in [5.74, 6) is 0.0737. The maximum absolute atomic E-state index is 11.1. The highest BCUT2D eigenvalue weighted by Gasteiger charge is 2.11. The second-order valence-corrected chi connectivity index (χ2v) is 3.94. The first kappa shape index (κ1) is 12.0. The van der Waals surface area contributed by atoms with Crippen molar-refractivity contribution in [3.8, 4) is 16.9 Å². The molecule has 0 saturated carbocycles. The van der Waals surface area contributed by atoms with Crippen molar-refractivity contribution >= 4 is 17.3 Å². The number of carbonyl (C=O) groups excluding carboxylic acids is 1. The number of ether oxygens (including phenoxy) is 1. The van der Waals surface area contributed by atoms with E-state index in [1.807, 2.05) is 12.1 Å². The van der Waals surface area contributed by atoms with Crippen LogP contribution >= 0.6 is 0 Å². The summed E-state index contributed by atoms with van der Waals surface area (Å²) in [6.07, 6.45) is 0. The maximum Gasteiger partial charge on any atom is 0.308 e. The average molecular weight is 242 g/mol. The van der Waals surface area contributed by atoms with E-state index in [0.717, 1.165) is 5.56 Å². The minimum absolute atomic E-state index is 0.378. The summed E-state index contributed by atoms with van der Waals surface area (Å²) < 4.78 is 5.16. The quantitative estimate of drug-likeness (QED) is 0.481. The van der Waals surface area contributed by atoms with Crippen molar-refractivity contribution in [3.05, 3.63) is 42.5 Å². The molecule has 0 aliphatic carbocycles. The Bertz CT molecular complexity index is 577. The van der Waals surface area contributed by atoms with E-state index in [9.17, 15) is 4.79 Å². The Morgan fingerprint density at radius 1 is 1.06 bits per heavy atom. The van der Waals surface area contributed by atoms with E-state index in [1.54, 1.807) is 30.3 Å². The van der Waals surface area contributed by atoms with Gasteiger partial charge in [0.25, 0.3) is 0 Å². The van der Waals surface area contributed by atoms with E-state index >= 15 is 0 Å². The Morgan fingerprint density at radius 3 is 2.33 bits per heavy atom. The minimum Gasteiger partial charge on any atom is -0.426 e. The molecular weight excluding hydrogens is 228 g/mol. The second kappa shape index (κ2) is 4.79. The molecule has 0 bridgehead atoms. The number of benzene rings is 2. The summed E-state index contributed by atoms with van der Waals surface area (Å²) in [6, 6.07) is 12.5. The SMILES string of the molecule is CC(=O)Oc1cccc(N)c1-c1ccc(N)cc1. The van der Waals surface area contributed by atoms with E-state index in [2.05, 4.69) is 0 Å². The van der Waals surface area contributed by atoms with E-state index in [1.165, 1.54) is 6.92 Å². The molecule has 2 rings (SSSR count). The molecule has 0 atom stereocenters. The van der Waals surface area contributed by atoms with Gasteiger partial charge in [0.15, 0.2) is 0 Å². The molecule has 0 spiro atoms. The van der Waals surface area contributed by atoms with Crippen LogP contribution in [0, 0.1) is 0 Å². The van der Waals surface area contributed by atoms with Gasteiger partial charge in [0.05, 0.1) is 0 Å². The molecule has 0 aromatic heterocycles. The van der Waals surface area contributed by atoms with Crippen LogP contribution in [0.15, 0.2) is 42.5 Å². The Hall–Kier alpha value is -2.49. The van der Waals surface area contributed by atoms with Gasteiger partial charge in [-0.15, -0.1) is 0 Å². The fourth-order valence-electron chi connectivity index (χ4n) is 1.75. The van der Waals surface area contributed by atoms with Crippen LogP contribution in [0.25, 0.3) is 11.1 Å². The van der Waals surface area contributed by atoms with Crippen LogP contribution in [0.5, 0.6) is 5.75 Å². The van der Waals surface area contributed by atoms with Crippen LogP contribution in [0.2, 0.25) is 0 Å². The number of hydrogen-bond acceptors (Lipinski definition) is 4. The summed E-state index contributed by atoms with van der Waals surface area (Å²) in [6.45, 7) is 1.36.